The van der Waals surface area contributed by atoms with Crippen molar-refractivity contribution in [3.05, 3.63) is 34.1 Å². The lowest BCUT2D eigenvalue weighted by molar-refractivity contribution is -0.206. The molecule has 1 aromatic rings. The van der Waals surface area contributed by atoms with Crippen LogP contribution in [0.3, 0.4) is 0 Å². The maximum atomic E-state index is 14.2. The molecule has 0 fully saturated rings. The third-order valence-corrected chi connectivity index (χ3v) is 3.86. The summed E-state index contributed by atoms with van der Waals surface area (Å²) in [6, 6.07) is 3.17. The Morgan fingerprint density at radius 3 is 2.58 bits per heavy atom. The predicted octanol–water partition coefficient (Wildman–Crippen LogP) is 4.30. The van der Waals surface area contributed by atoms with Gasteiger partial charge in [0, 0.05) is 10.0 Å². The van der Waals surface area contributed by atoms with Crippen LogP contribution in [-0.4, -0.2) is 36.9 Å². The lowest BCUT2D eigenvalue weighted by Crippen LogP contribution is -2.52. The minimum absolute atomic E-state index is 0.250. The Hall–Kier alpha value is -1.68. The Morgan fingerprint density at radius 1 is 1.35 bits per heavy atom. The van der Waals surface area contributed by atoms with Crippen LogP contribution in [-0.2, 0) is 15.0 Å². The first kappa shape index (κ1) is 20.6. The fraction of sp³-hybridized carbons (Fsp3) is 0.500. The van der Waals surface area contributed by atoms with Crippen molar-refractivity contribution in [3.8, 4) is 0 Å². The van der Waals surface area contributed by atoms with E-state index in [1.807, 2.05) is 0 Å². The molecule has 0 bridgehead atoms. The smallest absolute Gasteiger partial charge is 0.420 e. The number of aliphatic imine (C=N–C) groups is 1. The van der Waals surface area contributed by atoms with Gasteiger partial charge in [0.15, 0.2) is 0 Å². The molecule has 0 radical (unpaired) electrons. The van der Waals surface area contributed by atoms with Crippen molar-refractivity contribution in [3.63, 3.8) is 0 Å². The number of ether oxygens (including phenoxy) is 2. The highest BCUT2D eigenvalue weighted by molar-refractivity contribution is 9.10. The number of rotatable bonds is 1. The maximum Gasteiger partial charge on any atom is 0.420 e. The molecular formula is C16H17BrF4N2O3. The molecule has 0 aliphatic carbocycles. The monoisotopic (exact) mass is 440 g/mol. The second-order valence-electron chi connectivity index (χ2n) is 6.66. The van der Waals surface area contributed by atoms with Gasteiger partial charge in [-0.05, 0) is 39.0 Å². The van der Waals surface area contributed by atoms with Gasteiger partial charge >= 0.3 is 12.3 Å². The van der Waals surface area contributed by atoms with Crippen LogP contribution in [0, 0.1) is 5.82 Å². The van der Waals surface area contributed by atoms with Crippen LogP contribution >= 0.6 is 15.9 Å². The molecule has 5 nitrogen and oxygen atoms in total. The van der Waals surface area contributed by atoms with Gasteiger partial charge in [-0.15, -0.1) is 0 Å². The molecule has 0 aromatic heterocycles. The predicted molar refractivity (Wildman–Crippen MR) is 89.5 cm³/mol. The van der Waals surface area contributed by atoms with Gasteiger partial charge in [0.1, 0.15) is 23.9 Å². The summed E-state index contributed by atoms with van der Waals surface area (Å²) in [5.41, 5.74) is -4.54. The summed E-state index contributed by atoms with van der Waals surface area (Å²) in [6.45, 7) is 3.52. The number of carbonyl (C=O) groups is 1. The molecular weight excluding hydrogens is 424 g/mol. The van der Waals surface area contributed by atoms with Crippen LogP contribution in [0.4, 0.5) is 22.4 Å². The summed E-state index contributed by atoms with van der Waals surface area (Å²) >= 11 is 3.03. The molecule has 0 saturated carbocycles. The summed E-state index contributed by atoms with van der Waals surface area (Å²) < 4.78 is 66.0. The first-order valence-corrected chi connectivity index (χ1v) is 8.32. The number of nitrogens with one attached hydrogen (secondary N) is 1. The van der Waals surface area contributed by atoms with Gasteiger partial charge in [0.05, 0.1) is 6.61 Å². The minimum atomic E-state index is -4.96. The van der Waals surface area contributed by atoms with E-state index >= 15 is 0 Å². The number of halogens is 5. The molecule has 1 heterocycles. The normalized spacial score (nSPS) is 21.2. The molecule has 1 atom stereocenters. The van der Waals surface area contributed by atoms with E-state index < -0.39 is 47.2 Å². The first-order chi connectivity index (χ1) is 11.8. The van der Waals surface area contributed by atoms with Crippen molar-refractivity contribution < 1.29 is 31.8 Å². The van der Waals surface area contributed by atoms with Gasteiger partial charge in [-0.3, -0.25) is 5.32 Å². The molecule has 1 amide bonds. The molecule has 0 saturated heterocycles. The number of alkyl carbamates (subject to hydrolysis) is 1. The van der Waals surface area contributed by atoms with E-state index in [-0.39, 0.29) is 11.1 Å². The highest BCUT2D eigenvalue weighted by atomic mass is 79.9. The molecule has 0 spiro atoms. The molecule has 1 aliphatic rings. The Bertz CT molecular complexity index is 731. The first-order valence-electron chi connectivity index (χ1n) is 7.53. The topological polar surface area (TPSA) is 59.9 Å². The van der Waals surface area contributed by atoms with Crippen molar-refractivity contribution in [2.45, 2.75) is 38.1 Å². The summed E-state index contributed by atoms with van der Waals surface area (Å²) in [4.78, 5) is 15.4. The third kappa shape index (κ3) is 4.53. The molecule has 1 aromatic carbocycles. The standard InChI is InChI=1S/C16H17BrF4N2O3/c1-14(2,3)26-13(24)22-12-7-25-8-15(23-12,16(19,20)21)10-6-9(17)4-5-11(10)18/h4-6H,7-8H2,1-3H3,(H,22,23,24). The third-order valence-electron chi connectivity index (χ3n) is 3.36. The number of carbonyl (C=O) groups excluding carboxylic acids is 1. The van der Waals surface area contributed by atoms with Crippen LogP contribution in [0.5, 0.6) is 0 Å². The largest absolute Gasteiger partial charge is 0.444 e. The number of amides is 1. The van der Waals surface area contributed by atoms with E-state index in [2.05, 4.69) is 26.2 Å². The van der Waals surface area contributed by atoms with Crippen molar-refractivity contribution in [1.82, 2.24) is 5.32 Å². The minimum Gasteiger partial charge on any atom is -0.444 e. The number of benzene rings is 1. The zero-order valence-corrected chi connectivity index (χ0v) is 15.8. The fourth-order valence-electron chi connectivity index (χ4n) is 2.33. The molecule has 1 N–H and O–H groups in total. The number of hydrogen-bond donors (Lipinski definition) is 1. The highest BCUT2D eigenvalue weighted by Crippen LogP contribution is 2.45. The van der Waals surface area contributed by atoms with Crippen molar-refractivity contribution in [2.75, 3.05) is 13.2 Å². The lowest BCUT2D eigenvalue weighted by atomic mass is 9.89. The molecule has 2 rings (SSSR count). The van der Waals surface area contributed by atoms with E-state index in [1.54, 1.807) is 20.8 Å². The van der Waals surface area contributed by atoms with Crippen molar-refractivity contribution >= 4 is 27.9 Å². The van der Waals surface area contributed by atoms with E-state index in [4.69, 9.17) is 9.47 Å². The van der Waals surface area contributed by atoms with Crippen molar-refractivity contribution in [1.29, 1.82) is 0 Å². The Balaban J connectivity index is 2.46. The van der Waals surface area contributed by atoms with Gasteiger partial charge < -0.3 is 9.47 Å². The zero-order valence-electron chi connectivity index (χ0n) is 14.2. The van der Waals surface area contributed by atoms with Gasteiger partial charge in [-0.2, -0.15) is 13.2 Å². The van der Waals surface area contributed by atoms with Gasteiger partial charge in [-0.1, -0.05) is 15.9 Å². The highest BCUT2D eigenvalue weighted by Gasteiger charge is 2.59. The number of nitrogens with zero attached hydrogens (tertiary/aromatic N) is 1. The molecule has 144 valence electrons. The number of amidine groups is 1. The summed E-state index contributed by atoms with van der Waals surface area (Å²) in [6.07, 6.45) is -5.94. The second-order valence-corrected chi connectivity index (χ2v) is 7.58. The average Bonchev–Trinajstić information content (AvgIpc) is 2.46. The number of alkyl halides is 3. The van der Waals surface area contributed by atoms with Crippen LogP contribution in [0.15, 0.2) is 27.7 Å². The van der Waals surface area contributed by atoms with E-state index in [9.17, 15) is 22.4 Å². The van der Waals surface area contributed by atoms with Crippen LogP contribution < -0.4 is 5.32 Å². The Labute approximate surface area is 155 Å². The van der Waals surface area contributed by atoms with E-state index in [1.165, 1.54) is 6.07 Å². The molecule has 1 aliphatic heterocycles. The summed E-state index contributed by atoms with van der Waals surface area (Å²) in [5, 5.41) is 2.14. The van der Waals surface area contributed by atoms with E-state index in [0.717, 1.165) is 12.1 Å². The van der Waals surface area contributed by atoms with E-state index in [0.29, 0.717) is 0 Å². The van der Waals surface area contributed by atoms with Gasteiger partial charge in [0.2, 0.25) is 5.54 Å². The van der Waals surface area contributed by atoms with Crippen molar-refractivity contribution in [2.24, 2.45) is 4.99 Å². The summed E-state index contributed by atoms with van der Waals surface area (Å²) in [5.74, 6) is -1.49. The van der Waals surface area contributed by atoms with Gasteiger partial charge in [0.25, 0.3) is 0 Å². The number of hydrogen-bond acceptors (Lipinski definition) is 4. The van der Waals surface area contributed by atoms with Crippen LogP contribution in [0.25, 0.3) is 0 Å². The SMILES string of the molecule is CC(C)(C)OC(=O)NC1=NC(c2cc(Br)ccc2F)(C(F)(F)F)COC1. The van der Waals surface area contributed by atoms with Crippen LogP contribution in [0.1, 0.15) is 26.3 Å². The van der Waals surface area contributed by atoms with Gasteiger partial charge in [-0.25, -0.2) is 14.2 Å². The molecule has 10 heteroatoms. The fourth-order valence-corrected chi connectivity index (χ4v) is 2.69. The van der Waals surface area contributed by atoms with Crippen LogP contribution in [0.2, 0.25) is 0 Å². The quantitative estimate of drug-likeness (QED) is 0.662. The zero-order chi connectivity index (χ0) is 19.8. The second kappa shape index (κ2) is 7.15. The molecule has 26 heavy (non-hydrogen) atoms. The summed E-state index contributed by atoms with van der Waals surface area (Å²) in [7, 11) is 0. The Kier molecular flexibility index (Phi) is 5.67. The average molecular weight is 441 g/mol. The lowest BCUT2D eigenvalue weighted by Gasteiger charge is -2.36. The molecule has 1 unspecified atom stereocenters. The maximum absolute atomic E-state index is 14.2. The Morgan fingerprint density at radius 2 is 2.00 bits per heavy atom.